The van der Waals surface area contributed by atoms with E-state index in [1.165, 1.54) is 25.1 Å². The molecule has 1 aliphatic heterocycles. The molecule has 3 N–H and O–H groups in total. The van der Waals surface area contributed by atoms with Gasteiger partial charge in [0.2, 0.25) is 0 Å². The number of aromatic hydroxyl groups is 1. The van der Waals surface area contributed by atoms with Gasteiger partial charge in [0.05, 0.1) is 18.2 Å². The molecule has 118 valence electrons. The fourth-order valence-electron chi connectivity index (χ4n) is 2.48. The van der Waals surface area contributed by atoms with Crippen molar-refractivity contribution in [3.05, 3.63) is 35.1 Å². The van der Waals surface area contributed by atoms with Gasteiger partial charge in [0.25, 0.3) is 5.91 Å². The summed E-state index contributed by atoms with van der Waals surface area (Å²) in [6.07, 6.45) is 0. The first-order valence-electron chi connectivity index (χ1n) is 6.74. The Kier molecular flexibility index (Phi) is 4.37. The molecule has 0 aromatic heterocycles. The number of Topliss-reactive ketones (excluding diaryl/α,β-unsaturated/α-hetero) is 1. The summed E-state index contributed by atoms with van der Waals surface area (Å²) in [5.74, 6) is -1.85. The van der Waals surface area contributed by atoms with Gasteiger partial charge in [0.15, 0.2) is 23.0 Å². The molecule has 0 radical (unpaired) electrons. The maximum absolute atomic E-state index is 11.9. The average molecular weight is 307 g/mol. The smallest absolute Gasteiger partial charge is 0.291 e. The van der Waals surface area contributed by atoms with Gasteiger partial charge in [0, 0.05) is 0 Å². The highest BCUT2D eigenvalue weighted by atomic mass is 16.5. The zero-order valence-corrected chi connectivity index (χ0v) is 12.2. The van der Waals surface area contributed by atoms with Crippen molar-refractivity contribution in [3.63, 3.8) is 0 Å². The lowest BCUT2D eigenvalue weighted by Crippen LogP contribution is -2.31. The van der Waals surface area contributed by atoms with Crippen LogP contribution in [0.5, 0.6) is 11.5 Å². The molecule has 7 nitrogen and oxygen atoms in total. The second kappa shape index (κ2) is 6.07. The summed E-state index contributed by atoms with van der Waals surface area (Å²) in [4.78, 5) is 24.7. The summed E-state index contributed by atoms with van der Waals surface area (Å²) in [5.41, 5.74) is 0.352. The third-order valence-corrected chi connectivity index (χ3v) is 3.43. The van der Waals surface area contributed by atoms with Gasteiger partial charge in [-0.1, -0.05) is 6.07 Å². The molecular weight excluding hydrogens is 290 g/mol. The molecular formula is C15H17NO6. The lowest BCUT2D eigenvalue weighted by molar-refractivity contribution is -0.133. The van der Waals surface area contributed by atoms with Crippen molar-refractivity contribution < 1.29 is 29.6 Å². The maximum atomic E-state index is 11.9. The van der Waals surface area contributed by atoms with E-state index in [9.17, 15) is 24.9 Å². The van der Waals surface area contributed by atoms with Crippen molar-refractivity contribution >= 4 is 11.7 Å². The standard InChI is InChI=1S/C15H17NO6/c1-3-22-11-6-9(4-5-10(11)19)13-12(8(2)18)14(20)15(21)16(13)7-17/h4-6,13,17,19-20H,3,7H2,1-2H3/t13-/m0/s1. The summed E-state index contributed by atoms with van der Waals surface area (Å²) in [5, 5.41) is 29.0. The number of hydrogen-bond donors (Lipinski definition) is 3. The largest absolute Gasteiger partial charge is 0.504 e. The van der Waals surface area contributed by atoms with Crippen LogP contribution in [-0.4, -0.2) is 45.2 Å². The molecule has 1 atom stereocenters. The minimum absolute atomic E-state index is 0.0805. The molecule has 0 fully saturated rings. The molecule has 1 amide bonds. The predicted molar refractivity (Wildman–Crippen MR) is 76.3 cm³/mol. The maximum Gasteiger partial charge on any atom is 0.291 e. The molecule has 1 heterocycles. The summed E-state index contributed by atoms with van der Waals surface area (Å²) < 4.78 is 5.28. The fourth-order valence-corrected chi connectivity index (χ4v) is 2.48. The lowest BCUT2D eigenvalue weighted by atomic mass is 9.96. The van der Waals surface area contributed by atoms with Gasteiger partial charge in [-0.15, -0.1) is 0 Å². The molecule has 0 spiro atoms. The van der Waals surface area contributed by atoms with Crippen LogP contribution >= 0.6 is 0 Å². The summed E-state index contributed by atoms with van der Waals surface area (Å²) >= 11 is 0. The molecule has 0 saturated carbocycles. The summed E-state index contributed by atoms with van der Waals surface area (Å²) in [7, 11) is 0. The SMILES string of the molecule is CCOc1cc([C@H]2C(C(C)=O)=C(O)C(=O)N2CO)ccc1O. The van der Waals surface area contributed by atoms with E-state index in [1.807, 2.05) is 0 Å². The van der Waals surface area contributed by atoms with Crippen LogP contribution in [0, 0.1) is 0 Å². The molecule has 22 heavy (non-hydrogen) atoms. The van der Waals surface area contributed by atoms with Crippen molar-refractivity contribution in [3.8, 4) is 11.5 Å². The molecule has 2 rings (SSSR count). The molecule has 0 unspecified atom stereocenters. The number of nitrogens with zero attached hydrogens (tertiary/aromatic N) is 1. The van der Waals surface area contributed by atoms with Crippen LogP contribution in [0.25, 0.3) is 0 Å². The van der Waals surface area contributed by atoms with Crippen molar-refractivity contribution in [2.45, 2.75) is 19.9 Å². The summed E-state index contributed by atoms with van der Waals surface area (Å²) in [6.45, 7) is 2.65. The Balaban J connectivity index is 2.55. The van der Waals surface area contributed by atoms with E-state index in [0.717, 1.165) is 4.90 Å². The fraction of sp³-hybridized carbons (Fsp3) is 0.333. The van der Waals surface area contributed by atoms with E-state index in [-0.39, 0.29) is 17.1 Å². The van der Waals surface area contributed by atoms with Crippen LogP contribution in [0.3, 0.4) is 0 Å². The number of carbonyl (C=O) groups is 2. The lowest BCUT2D eigenvalue weighted by Gasteiger charge is -2.24. The van der Waals surface area contributed by atoms with Gasteiger partial charge in [-0.25, -0.2) is 0 Å². The Bertz CT molecular complexity index is 651. The van der Waals surface area contributed by atoms with E-state index >= 15 is 0 Å². The number of benzene rings is 1. The van der Waals surface area contributed by atoms with E-state index in [2.05, 4.69) is 0 Å². The zero-order valence-electron chi connectivity index (χ0n) is 12.2. The minimum atomic E-state index is -0.921. The molecule has 7 heteroatoms. The first kappa shape index (κ1) is 15.8. The van der Waals surface area contributed by atoms with E-state index in [0.29, 0.717) is 12.2 Å². The Labute approximate surface area is 127 Å². The van der Waals surface area contributed by atoms with Gasteiger partial charge in [-0.05, 0) is 31.5 Å². The Morgan fingerprint density at radius 1 is 1.36 bits per heavy atom. The number of carbonyl (C=O) groups excluding carboxylic acids is 2. The molecule has 0 aliphatic carbocycles. The summed E-state index contributed by atoms with van der Waals surface area (Å²) in [6, 6.07) is 3.42. The van der Waals surface area contributed by atoms with Crippen LogP contribution in [-0.2, 0) is 9.59 Å². The average Bonchev–Trinajstić information content (AvgIpc) is 2.73. The normalized spacial score (nSPS) is 18.0. The number of hydrogen-bond acceptors (Lipinski definition) is 6. The van der Waals surface area contributed by atoms with Crippen molar-refractivity contribution in [2.75, 3.05) is 13.3 Å². The number of rotatable bonds is 5. The highest BCUT2D eigenvalue weighted by Gasteiger charge is 2.42. The van der Waals surface area contributed by atoms with Crippen LogP contribution < -0.4 is 4.74 Å². The third kappa shape index (κ3) is 2.50. The number of ketones is 1. The molecule has 0 bridgehead atoms. The van der Waals surface area contributed by atoms with Gasteiger partial charge in [-0.2, -0.15) is 0 Å². The van der Waals surface area contributed by atoms with Crippen LogP contribution in [0.4, 0.5) is 0 Å². The highest BCUT2D eigenvalue weighted by molar-refractivity contribution is 6.08. The second-order valence-corrected chi connectivity index (χ2v) is 4.80. The number of aliphatic hydroxyl groups is 2. The zero-order chi connectivity index (χ0) is 16.4. The topological polar surface area (TPSA) is 107 Å². The Hall–Kier alpha value is -2.54. The number of ether oxygens (including phenoxy) is 1. The molecule has 1 aromatic carbocycles. The van der Waals surface area contributed by atoms with Gasteiger partial charge in [-0.3, -0.25) is 9.59 Å². The number of phenolic OH excluding ortho intramolecular Hbond substituents is 1. The second-order valence-electron chi connectivity index (χ2n) is 4.80. The number of amides is 1. The van der Waals surface area contributed by atoms with Gasteiger partial charge < -0.3 is 25.0 Å². The molecule has 0 saturated heterocycles. The van der Waals surface area contributed by atoms with Gasteiger partial charge >= 0.3 is 0 Å². The third-order valence-electron chi connectivity index (χ3n) is 3.43. The van der Waals surface area contributed by atoms with Crippen molar-refractivity contribution in [1.29, 1.82) is 0 Å². The molecule has 1 aromatic rings. The Morgan fingerprint density at radius 3 is 2.59 bits per heavy atom. The van der Waals surface area contributed by atoms with E-state index in [1.54, 1.807) is 6.92 Å². The minimum Gasteiger partial charge on any atom is -0.504 e. The van der Waals surface area contributed by atoms with E-state index < -0.39 is 30.2 Å². The monoisotopic (exact) mass is 307 g/mol. The Morgan fingerprint density at radius 2 is 2.05 bits per heavy atom. The quantitative estimate of drug-likeness (QED) is 0.750. The highest BCUT2D eigenvalue weighted by Crippen LogP contribution is 2.40. The first-order chi connectivity index (χ1) is 10.4. The van der Waals surface area contributed by atoms with E-state index in [4.69, 9.17) is 4.74 Å². The first-order valence-corrected chi connectivity index (χ1v) is 6.74. The molecule has 1 aliphatic rings. The van der Waals surface area contributed by atoms with Crippen molar-refractivity contribution in [1.82, 2.24) is 4.90 Å². The van der Waals surface area contributed by atoms with Crippen LogP contribution in [0.2, 0.25) is 0 Å². The number of phenols is 1. The van der Waals surface area contributed by atoms with Gasteiger partial charge in [0.1, 0.15) is 6.73 Å². The van der Waals surface area contributed by atoms with Crippen molar-refractivity contribution in [2.24, 2.45) is 0 Å². The predicted octanol–water partition coefficient (Wildman–Crippen LogP) is 1.03. The number of aliphatic hydroxyl groups excluding tert-OH is 2. The van der Waals surface area contributed by atoms with Crippen LogP contribution in [0.1, 0.15) is 25.5 Å². The van der Waals surface area contributed by atoms with Crippen LogP contribution in [0.15, 0.2) is 29.5 Å².